The summed E-state index contributed by atoms with van der Waals surface area (Å²) in [6.07, 6.45) is 5.78. The maximum absolute atomic E-state index is 12.6. The van der Waals surface area contributed by atoms with Crippen molar-refractivity contribution in [2.45, 2.75) is 48.8 Å². The van der Waals surface area contributed by atoms with E-state index in [0.29, 0.717) is 9.79 Å². The zero-order valence-electron chi connectivity index (χ0n) is 13.8. The normalized spacial score (nSPS) is 15.1. The van der Waals surface area contributed by atoms with E-state index < -0.39 is 9.84 Å². The van der Waals surface area contributed by atoms with Gasteiger partial charge in [-0.25, -0.2) is 8.42 Å². The average molecular weight is 342 g/mol. The van der Waals surface area contributed by atoms with Gasteiger partial charge in [-0.1, -0.05) is 24.1 Å². The lowest BCUT2D eigenvalue weighted by atomic mass is 9.99. The molecule has 0 amide bonds. The molecule has 2 aromatic rings. The molecule has 1 saturated carbocycles. The first-order valence-electron chi connectivity index (χ1n) is 8.29. The second-order valence-corrected chi connectivity index (χ2v) is 8.14. The number of nitrogens with zero attached hydrogens (tertiary/aromatic N) is 1. The van der Waals surface area contributed by atoms with E-state index in [2.05, 4.69) is 10.5 Å². The van der Waals surface area contributed by atoms with Crippen LogP contribution in [0.5, 0.6) is 0 Å². The Labute approximate surface area is 143 Å². The van der Waals surface area contributed by atoms with Gasteiger partial charge < -0.3 is 0 Å². The molecule has 3 rings (SSSR count). The maximum Gasteiger partial charge on any atom is 0.206 e. The van der Waals surface area contributed by atoms with Crippen LogP contribution < -0.4 is 5.43 Å². The van der Waals surface area contributed by atoms with Crippen LogP contribution in [0.4, 0.5) is 5.69 Å². The Bertz CT molecular complexity index is 815. The zero-order valence-corrected chi connectivity index (χ0v) is 14.6. The van der Waals surface area contributed by atoms with Crippen LogP contribution in [-0.2, 0) is 9.84 Å². The van der Waals surface area contributed by atoms with E-state index in [1.165, 1.54) is 25.0 Å². The Balaban J connectivity index is 1.75. The predicted octanol–water partition coefficient (Wildman–Crippen LogP) is 4.56. The third-order valence-electron chi connectivity index (χ3n) is 4.27. The molecule has 0 atom stereocenters. The third kappa shape index (κ3) is 3.85. The molecule has 1 N–H and O–H groups in total. The van der Waals surface area contributed by atoms with Gasteiger partial charge >= 0.3 is 0 Å². The smallest absolute Gasteiger partial charge is 0.206 e. The van der Waals surface area contributed by atoms with Crippen LogP contribution in [0.15, 0.2) is 63.4 Å². The lowest BCUT2D eigenvalue weighted by Gasteiger charge is -2.12. The van der Waals surface area contributed by atoms with E-state index in [4.69, 9.17) is 0 Å². The highest BCUT2D eigenvalue weighted by Gasteiger charge is 2.17. The number of hydrogen-bond donors (Lipinski definition) is 1. The molecule has 1 aliphatic carbocycles. The molecule has 0 heterocycles. The number of hydrogen-bond acceptors (Lipinski definition) is 4. The fraction of sp³-hybridized carbons (Fsp3) is 0.316. The molecule has 1 aliphatic rings. The van der Waals surface area contributed by atoms with Crippen molar-refractivity contribution in [1.82, 2.24) is 0 Å². The Morgan fingerprint density at radius 1 is 0.833 bits per heavy atom. The van der Waals surface area contributed by atoms with E-state index in [1.807, 2.05) is 19.1 Å². The monoisotopic (exact) mass is 342 g/mol. The van der Waals surface area contributed by atoms with Crippen molar-refractivity contribution in [3.05, 3.63) is 54.1 Å². The lowest BCUT2D eigenvalue weighted by Crippen LogP contribution is -2.07. The third-order valence-corrected chi connectivity index (χ3v) is 6.06. The summed E-state index contributed by atoms with van der Waals surface area (Å²) in [5.41, 5.74) is 6.06. The van der Waals surface area contributed by atoms with Crippen LogP contribution in [0.1, 0.15) is 37.7 Å². The molecule has 24 heavy (non-hydrogen) atoms. The number of benzene rings is 2. The Morgan fingerprint density at radius 2 is 1.38 bits per heavy atom. The topological polar surface area (TPSA) is 58.5 Å². The minimum absolute atomic E-state index is 0.294. The van der Waals surface area contributed by atoms with Crippen molar-refractivity contribution in [2.75, 3.05) is 5.43 Å². The molecule has 2 aromatic carbocycles. The van der Waals surface area contributed by atoms with Gasteiger partial charge in [0.25, 0.3) is 0 Å². The van der Waals surface area contributed by atoms with Crippen LogP contribution in [0.25, 0.3) is 0 Å². The number of rotatable bonds is 4. The number of sulfone groups is 1. The predicted molar refractivity (Wildman–Crippen MR) is 97.2 cm³/mol. The molecular weight excluding hydrogens is 320 g/mol. The molecule has 5 heteroatoms. The van der Waals surface area contributed by atoms with E-state index in [1.54, 1.807) is 36.4 Å². The van der Waals surface area contributed by atoms with E-state index in [0.717, 1.165) is 24.1 Å². The minimum Gasteiger partial charge on any atom is -0.279 e. The molecule has 0 bridgehead atoms. The highest BCUT2D eigenvalue weighted by Crippen LogP contribution is 2.23. The van der Waals surface area contributed by atoms with Crippen LogP contribution in [0.2, 0.25) is 0 Å². The van der Waals surface area contributed by atoms with Crippen molar-refractivity contribution in [2.24, 2.45) is 5.10 Å². The Morgan fingerprint density at radius 3 is 1.96 bits per heavy atom. The van der Waals surface area contributed by atoms with E-state index in [-0.39, 0.29) is 0 Å². The number of nitrogens with one attached hydrogen (secondary N) is 1. The summed E-state index contributed by atoms with van der Waals surface area (Å²) in [6.45, 7) is 1.94. The van der Waals surface area contributed by atoms with Gasteiger partial charge in [0.2, 0.25) is 9.84 Å². The summed E-state index contributed by atoms with van der Waals surface area (Å²) in [5.74, 6) is 0. The van der Waals surface area contributed by atoms with Crippen LogP contribution in [0.3, 0.4) is 0 Å². The summed E-state index contributed by atoms with van der Waals surface area (Å²) in [6, 6.07) is 13.7. The van der Waals surface area contributed by atoms with Crippen LogP contribution in [0, 0.1) is 6.92 Å². The van der Waals surface area contributed by atoms with Gasteiger partial charge in [0.15, 0.2) is 0 Å². The number of anilines is 1. The van der Waals surface area contributed by atoms with Gasteiger partial charge in [-0.3, -0.25) is 5.43 Å². The van der Waals surface area contributed by atoms with Crippen molar-refractivity contribution >= 4 is 21.2 Å². The summed E-state index contributed by atoms with van der Waals surface area (Å²) in [4.78, 5) is 0.610. The maximum atomic E-state index is 12.6. The van der Waals surface area contributed by atoms with Crippen LogP contribution >= 0.6 is 0 Å². The molecule has 0 saturated heterocycles. The standard InChI is InChI=1S/C19H22N2O2S/c1-15-7-11-18(12-8-15)24(22,23)19-13-9-17(10-14-19)21-20-16-5-3-2-4-6-16/h7-14,21H,2-6H2,1H3. The molecule has 0 unspecified atom stereocenters. The molecule has 1 fully saturated rings. The molecular formula is C19H22N2O2S. The zero-order chi connectivity index (χ0) is 17.0. The molecule has 0 radical (unpaired) electrons. The summed E-state index contributed by atoms with van der Waals surface area (Å²) in [5, 5.41) is 4.43. The van der Waals surface area contributed by atoms with Crippen molar-refractivity contribution in [1.29, 1.82) is 0 Å². The van der Waals surface area contributed by atoms with Crippen molar-refractivity contribution in [3.63, 3.8) is 0 Å². The minimum atomic E-state index is -3.47. The van der Waals surface area contributed by atoms with Gasteiger partial charge in [0.1, 0.15) is 0 Å². The first-order valence-corrected chi connectivity index (χ1v) is 9.77. The number of aryl methyl sites for hydroxylation is 1. The molecule has 4 nitrogen and oxygen atoms in total. The second-order valence-electron chi connectivity index (χ2n) is 6.19. The molecule has 0 aliphatic heterocycles. The summed E-state index contributed by atoms with van der Waals surface area (Å²) in [7, 11) is -3.47. The van der Waals surface area contributed by atoms with Crippen LogP contribution in [-0.4, -0.2) is 14.1 Å². The number of hydrazone groups is 1. The highest BCUT2D eigenvalue weighted by atomic mass is 32.2. The second kappa shape index (κ2) is 7.18. The van der Waals surface area contributed by atoms with Crippen molar-refractivity contribution in [3.8, 4) is 0 Å². The van der Waals surface area contributed by atoms with Gasteiger partial charge in [0, 0.05) is 5.71 Å². The lowest BCUT2D eigenvalue weighted by molar-refractivity contribution is 0.596. The first kappa shape index (κ1) is 16.7. The molecule has 0 spiro atoms. The summed E-state index contributed by atoms with van der Waals surface area (Å²) < 4.78 is 25.2. The SMILES string of the molecule is Cc1ccc(S(=O)(=O)c2ccc(NN=C3CCCCC3)cc2)cc1. The highest BCUT2D eigenvalue weighted by molar-refractivity contribution is 7.91. The largest absolute Gasteiger partial charge is 0.279 e. The fourth-order valence-electron chi connectivity index (χ4n) is 2.78. The molecule has 126 valence electrons. The fourth-order valence-corrected chi connectivity index (χ4v) is 4.04. The summed E-state index contributed by atoms with van der Waals surface area (Å²) >= 11 is 0. The first-order chi connectivity index (χ1) is 11.6. The van der Waals surface area contributed by atoms with Crippen molar-refractivity contribution < 1.29 is 8.42 Å². The van der Waals surface area contributed by atoms with E-state index >= 15 is 0 Å². The average Bonchev–Trinajstić information content (AvgIpc) is 2.61. The van der Waals surface area contributed by atoms with Gasteiger partial charge in [-0.05, 0) is 69.0 Å². The van der Waals surface area contributed by atoms with E-state index in [9.17, 15) is 8.42 Å². The Hall–Kier alpha value is -2.14. The molecule has 0 aromatic heterocycles. The van der Waals surface area contributed by atoms with Gasteiger partial charge in [-0.2, -0.15) is 5.10 Å². The van der Waals surface area contributed by atoms with Gasteiger partial charge in [-0.15, -0.1) is 0 Å². The van der Waals surface area contributed by atoms with Gasteiger partial charge in [0.05, 0.1) is 15.5 Å². The quantitative estimate of drug-likeness (QED) is 0.829. The Kier molecular flexibility index (Phi) is 5.00.